The van der Waals surface area contributed by atoms with Crippen LogP contribution in [0.4, 0.5) is 5.69 Å². The van der Waals surface area contributed by atoms with Gasteiger partial charge in [-0.3, -0.25) is 4.79 Å². The fraction of sp³-hybridized carbons (Fsp3) is 0.0476. The third-order valence-electron chi connectivity index (χ3n) is 3.76. The third-order valence-corrected chi connectivity index (χ3v) is 4.86. The quantitative estimate of drug-likeness (QED) is 0.318. The average molecular weight is 485 g/mol. The molecular formula is C21H13Cl4NO4. The van der Waals surface area contributed by atoms with E-state index in [-0.39, 0.29) is 17.4 Å². The Hall–Kier alpha value is -2.44. The van der Waals surface area contributed by atoms with Crippen molar-refractivity contribution in [3.05, 3.63) is 86.3 Å². The highest BCUT2D eigenvalue weighted by atomic mass is 35.5. The Bertz CT molecular complexity index is 1090. The minimum atomic E-state index is -0.635. The predicted molar refractivity (Wildman–Crippen MR) is 118 cm³/mol. The van der Waals surface area contributed by atoms with Gasteiger partial charge in [-0.1, -0.05) is 46.4 Å². The molecule has 1 amide bonds. The number of esters is 1. The van der Waals surface area contributed by atoms with Crippen LogP contribution in [-0.2, 0) is 4.79 Å². The molecule has 0 spiro atoms. The van der Waals surface area contributed by atoms with Crippen LogP contribution in [0.1, 0.15) is 10.4 Å². The summed E-state index contributed by atoms with van der Waals surface area (Å²) in [6.45, 7) is -0.350. The molecule has 3 aromatic carbocycles. The summed E-state index contributed by atoms with van der Waals surface area (Å²) in [7, 11) is 0. The highest BCUT2D eigenvalue weighted by molar-refractivity contribution is 6.36. The summed E-state index contributed by atoms with van der Waals surface area (Å²) in [5.74, 6) is -0.463. The zero-order chi connectivity index (χ0) is 21.7. The second-order valence-corrected chi connectivity index (χ2v) is 7.63. The van der Waals surface area contributed by atoms with E-state index in [0.29, 0.717) is 32.1 Å². The highest BCUT2D eigenvalue weighted by Gasteiger charge is 2.12. The number of benzene rings is 3. The van der Waals surface area contributed by atoms with E-state index in [4.69, 9.17) is 55.9 Å². The van der Waals surface area contributed by atoms with Gasteiger partial charge in [-0.15, -0.1) is 0 Å². The number of halogens is 4. The van der Waals surface area contributed by atoms with Gasteiger partial charge in [-0.2, -0.15) is 0 Å². The van der Waals surface area contributed by atoms with Gasteiger partial charge in [0.25, 0.3) is 5.91 Å². The van der Waals surface area contributed by atoms with E-state index >= 15 is 0 Å². The zero-order valence-electron chi connectivity index (χ0n) is 15.1. The first-order chi connectivity index (χ1) is 14.3. The third kappa shape index (κ3) is 6.03. The standard InChI is InChI=1S/C21H13Cl4NO4/c22-13-4-8-19(17(25)9-13)29-11-20(27)30-15-5-1-12(2-6-15)21(28)26-18-10-14(23)3-7-16(18)24/h1-10H,11H2,(H,26,28). The number of ether oxygens (including phenoxy) is 2. The molecule has 0 bridgehead atoms. The molecule has 30 heavy (non-hydrogen) atoms. The lowest BCUT2D eigenvalue weighted by molar-refractivity contribution is -0.136. The molecule has 0 saturated carbocycles. The van der Waals surface area contributed by atoms with Gasteiger partial charge in [0, 0.05) is 15.6 Å². The first kappa shape index (κ1) is 22.2. The van der Waals surface area contributed by atoms with Crippen molar-refractivity contribution in [2.24, 2.45) is 0 Å². The van der Waals surface area contributed by atoms with Crippen LogP contribution in [0.2, 0.25) is 20.1 Å². The molecule has 0 saturated heterocycles. The number of hydrogen-bond donors (Lipinski definition) is 1. The number of amides is 1. The molecule has 1 N–H and O–H groups in total. The van der Waals surface area contributed by atoms with Crippen LogP contribution < -0.4 is 14.8 Å². The van der Waals surface area contributed by atoms with E-state index in [9.17, 15) is 9.59 Å². The summed E-state index contributed by atoms with van der Waals surface area (Å²) in [6.07, 6.45) is 0. The van der Waals surface area contributed by atoms with Crippen molar-refractivity contribution in [3.63, 3.8) is 0 Å². The van der Waals surface area contributed by atoms with Crippen LogP contribution in [0.3, 0.4) is 0 Å². The van der Waals surface area contributed by atoms with Crippen LogP contribution in [-0.4, -0.2) is 18.5 Å². The number of rotatable bonds is 6. The molecule has 0 unspecified atom stereocenters. The van der Waals surface area contributed by atoms with Crippen molar-refractivity contribution in [2.75, 3.05) is 11.9 Å². The maximum absolute atomic E-state index is 12.4. The van der Waals surface area contributed by atoms with Crippen molar-refractivity contribution in [1.29, 1.82) is 0 Å². The van der Waals surface area contributed by atoms with Crippen LogP contribution in [0, 0.1) is 0 Å². The van der Waals surface area contributed by atoms with Gasteiger partial charge in [0.15, 0.2) is 6.61 Å². The lowest BCUT2D eigenvalue weighted by Gasteiger charge is -2.10. The molecule has 3 aromatic rings. The molecule has 5 nitrogen and oxygen atoms in total. The minimum absolute atomic E-state index is 0.253. The van der Waals surface area contributed by atoms with Gasteiger partial charge in [-0.05, 0) is 60.7 Å². The van der Waals surface area contributed by atoms with Gasteiger partial charge >= 0.3 is 5.97 Å². The number of anilines is 1. The van der Waals surface area contributed by atoms with Crippen molar-refractivity contribution >= 4 is 64.0 Å². The lowest BCUT2D eigenvalue weighted by atomic mass is 10.2. The fourth-order valence-corrected chi connectivity index (χ4v) is 3.15. The molecule has 9 heteroatoms. The highest BCUT2D eigenvalue weighted by Crippen LogP contribution is 2.28. The van der Waals surface area contributed by atoms with Crippen molar-refractivity contribution < 1.29 is 19.1 Å². The van der Waals surface area contributed by atoms with E-state index in [2.05, 4.69) is 5.32 Å². The van der Waals surface area contributed by atoms with E-state index < -0.39 is 11.9 Å². The molecule has 0 heterocycles. The largest absolute Gasteiger partial charge is 0.480 e. The molecule has 3 rings (SSSR count). The van der Waals surface area contributed by atoms with Gasteiger partial charge < -0.3 is 14.8 Å². The van der Waals surface area contributed by atoms with Crippen LogP contribution in [0.25, 0.3) is 0 Å². The normalized spacial score (nSPS) is 10.4. The molecule has 0 aliphatic heterocycles. The second kappa shape index (κ2) is 10.0. The van der Waals surface area contributed by atoms with Gasteiger partial charge in [-0.25, -0.2) is 4.79 Å². The molecule has 154 valence electrons. The molecule has 0 aromatic heterocycles. The van der Waals surface area contributed by atoms with Crippen molar-refractivity contribution in [3.8, 4) is 11.5 Å². The van der Waals surface area contributed by atoms with Crippen molar-refractivity contribution in [1.82, 2.24) is 0 Å². The van der Waals surface area contributed by atoms with E-state index in [1.807, 2.05) is 0 Å². The molecule has 0 atom stereocenters. The van der Waals surface area contributed by atoms with Crippen LogP contribution in [0.15, 0.2) is 60.7 Å². The monoisotopic (exact) mass is 483 g/mol. The second-order valence-electron chi connectivity index (χ2n) is 5.94. The Balaban J connectivity index is 1.56. The summed E-state index contributed by atoms with van der Waals surface area (Å²) in [5, 5.41) is 4.21. The average Bonchev–Trinajstić information content (AvgIpc) is 2.70. The Morgan fingerprint density at radius 3 is 2.17 bits per heavy atom. The predicted octanol–water partition coefficient (Wildman–Crippen LogP) is 6.54. The van der Waals surface area contributed by atoms with Crippen LogP contribution in [0.5, 0.6) is 11.5 Å². The SMILES string of the molecule is O=C(COc1ccc(Cl)cc1Cl)Oc1ccc(C(=O)Nc2cc(Cl)ccc2Cl)cc1. The Morgan fingerprint density at radius 1 is 0.800 bits per heavy atom. The Kier molecular flexibility index (Phi) is 7.45. The molecule has 0 aliphatic rings. The molecule has 0 fully saturated rings. The molecule has 0 radical (unpaired) electrons. The number of carbonyl (C=O) groups is 2. The van der Waals surface area contributed by atoms with Gasteiger partial charge in [0.1, 0.15) is 11.5 Å². The van der Waals surface area contributed by atoms with Gasteiger partial charge in [0.05, 0.1) is 15.7 Å². The minimum Gasteiger partial charge on any atom is -0.480 e. The first-order valence-electron chi connectivity index (χ1n) is 8.47. The fourth-order valence-electron chi connectivity index (χ4n) is 2.35. The summed E-state index contributed by atoms with van der Waals surface area (Å²) >= 11 is 23.7. The lowest BCUT2D eigenvalue weighted by Crippen LogP contribution is -2.18. The summed E-state index contributed by atoms with van der Waals surface area (Å²) < 4.78 is 10.5. The number of hydrogen-bond acceptors (Lipinski definition) is 4. The first-order valence-corrected chi connectivity index (χ1v) is 9.98. The van der Waals surface area contributed by atoms with E-state index in [1.165, 1.54) is 30.3 Å². The van der Waals surface area contributed by atoms with E-state index in [0.717, 1.165) is 0 Å². The van der Waals surface area contributed by atoms with Crippen LogP contribution >= 0.6 is 46.4 Å². The summed E-state index contributed by atoms with van der Waals surface area (Å²) in [6, 6.07) is 15.4. The van der Waals surface area contributed by atoms with E-state index in [1.54, 1.807) is 30.3 Å². The smallest absolute Gasteiger partial charge is 0.349 e. The van der Waals surface area contributed by atoms with Gasteiger partial charge in [0.2, 0.25) is 0 Å². The summed E-state index contributed by atoms with van der Waals surface area (Å²) in [4.78, 5) is 24.3. The summed E-state index contributed by atoms with van der Waals surface area (Å²) in [5.41, 5.74) is 0.734. The number of nitrogens with one attached hydrogen (secondary N) is 1. The molecular weight excluding hydrogens is 472 g/mol. The Labute approximate surface area is 192 Å². The molecule has 0 aliphatic carbocycles. The maximum atomic E-state index is 12.4. The van der Waals surface area contributed by atoms with Crippen molar-refractivity contribution in [2.45, 2.75) is 0 Å². The maximum Gasteiger partial charge on any atom is 0.349 e. The Morgan fingerprint density at radius 2 is 1.47 bits per heavy atom. The number of carbonyl (C=O) groups excluding carboxylic acids is 2. The zero-order valence-corrected chi connectivity index (χ0v) is 18.1. The topological polar surface area (TPSA) is 64.6 Å².